The van der Waals surface area contributed by atoms with E-state index in [0.29, 0.717) is 6.54 Å². The topological polar surface area (TPSA) is 49.3 Å². The molecule has 0 radical (unpaired) electrons. The number of guanidine groups is 1. The summed E-state index contributed by atoms with van der Waals surface area (Å²) in [6, 6.07) is 4.65. The van der Waals surface area contributed by atoms with Gasteiger partial charge in [-0.15, -0.1) is 35.3 Å². The molecule has 0 unspecified atom stereocenters. The van der Waals surface area contributed by atoms with E-state index in [0.717, 1.165) is 36.0 Å². The van der Waals surface area contributed by atoms with Gasteiger partial charge in [0.05, 0.1) is 16.6 Å². The molecular weight excluding hydrogens is 462 g/mol. The molecular formula is C16H21ClFIN4S. The maximum atomic E-state index is 13.2. The molecule has 0 saturated carbocycles. The highest BCUT2D eigenvalue weighted by atomic mass is 127. The monoisotopic (exact) mass is 482 g/mol. The highest BCUT2D eigenvalue weighted by Gasteiger charge is 2.03. The SMILES string of the molecule is CCNC(=NCc1ccc(F)c(Cl)c1)NCCc1ncc(C)s1.I. The van der Waals surface area contributed by atoms with Gasteiger partial charge < -0.3 is 10.6 Å². The largest absolute Gasteiger partial charge is 0.357 e. The van der Waals surface area contributed by atoms with Gasteiger partial charge in [0.1, 0.15) is 5.82 Å². The van der Waals surface area contributed by atoms with E-state index in [-0.39, 0.29) is 29.0 Å². The van der Waals surface area contributed by atoms with E-state index < -0.39 is 5.82 Å². The molecule has 0 atom stereocenters. The fraction of sp³-hybridized carbons (Fsp3) is 0.375. The van der Waals surface area contributed by atoms with Crippen molar-refractivity contribution in [2.45, 2.75) is 26.8 Å². The Labute approximate surface area is 168 Å². The zero-order valence-electron chi connectivity index (χ0n) is 13.6. The summed E-state index contributed by atoms with van der Waals surface area (Å²) in [5.74, 6) is 0.310. The molecule has 4 nitrogen and oxygen atoms in total. The van der Waals surface area contributed by atoms with Gasteiger partial charge in [0.25, 0.3) is 0 Å². The van der Waals surface area contributed by atoms with Crippen LogP contribution in [0.5, 0.6) is 0 Å². The van der Waals surface area contributed by atoms with E-state index >= 15 is 0 Å². The molecule has 8 heteroatoms. The first-order valence-corrected chi connectivity index (χ1v) is 8.65. The van der Waals surface area contributed by atoms with Gasteiger partial charge in [-0.2, -0.15) is 0 Å². The smallest absolute Gasteiger partial charge is 0.191 e. The molecule has 1 aromatic heterocycles. The summed E-state index contributed by atoms with van der Waals surface area (Å²) < 4.78 is 13.2. The van der Waals surface area contributed by atoms with Crippen LogP contribution in [-0.2, 0) is 13.0 Å². The summed E-state index contributed by atoms with van der Waals surface area (Å²) in [4.78, 5) is 10.0. The lowest BCUT2D eigenvalue weighted by atomic mass is 10.2. The number of benzene rings is 1. The Balaban J connectivity index is 0.00000288. The Morgan fingerprint density at radius 1 is 1.38 bits per heavy atom. The van der Waals surface area contributed by atoms with Crippen LogP contribution in [0.25, 0.3) is 0 Å². The maximum absolute atomic E-state index is 13.2. The standard InChI is InChI=1S/C16H20ClFN4S.HI/c1-3-19-16(20-7-6-15-21-9-11(2)23-15)22-10-12-4-5-14(18)13(17)8-12;/h4-5,8-9H,3,6-7,10H2,1-2H3,(H2,19,20,22);1H. The Hall–Kier alpha value is -0.930. The normalized spacial score (nSPS) is 11.1. The van der Waals surface area contributed by atoms with Gasteiger partial charge in [-0.05, 0) is 31.5 Å². The second-order valence-electron chi connectivity index (χ2n) is 4.99. The van der Waals surface area contributed by atoms with Crippen molar-refractivity contribution in [2.24, 2.45) is 4.99 Å². The molecule has 132 valence electrons. The van der Waals surface area contributed by atoms with Crippen LogP contribution in [0, 0.1) is 12.7 Å². The van der Waals surface area contributed by atoms with Gasteiger partial charge in [0, 0.05) is 30.6 Å². The van der Waals surface area contributed by atoms with Gasteiger partial charge in [-0.3, -0.25) is 0 Å². The van der Waals surface area contributed by atoms with Crippen molar-refractivity contribution in [3.8, 4) is 0 Å². The molecule has 2 N–H and O–H groups in total. The van der Waals surface area contributed by atoms with Gasteiger partial charge in [-0.1, -0.05) is 17.7 Å². The summed E-state index contributed by atoms with van der Waals surface area (Å²) in [5, 5.41) is 7.69. The third kappa shape index (κ3) is 6.90. The zero-order valence-corrected chi connectivity index (χ0v) is 17.5. The highest BCUT2D eigenvalue weighted by Crippen LogP contribution is 2.16. The van der Waals surface area contributed by atoms with Crippen molar-refractivity contribution in [3.63, 3.8) is 0 Å². The molecule has 0 bridgehead atoms. The predicted octanol–water partition coefficient (Wildman–Crippen LogP) is 4.16. The predicted molar refractivity (Wildman–Crippen MR) is 110 cm³/mol. The molecule has 0 spiro atoms. The van der Waals surface area contributed by atoms with Crippen molar-refractivity contribution < 1.29 is 4.39 Å². The first-order chi connectivity index (χ1) is 11.1. The summed E-state index contributed by atoms with van der Waals surface area (Å²) >= 11 is 7.49. The third-order valence-corrected chi connectivity index (χ3v) is 4.31. The number of aliphatic imine (C=N–C) groups is 1. The summed E-state index contributed by atoms with van der Waals surface area (Å²) in [5.41, 5.74) is 0.865. The number of hydrogen-bond donors (Lipinski definition) is 2. The quantitative estimate of drug-likeness (QED) is 0.369. The molecule has 0 saturated heterocycles. The van der Waals surface area contributed by atoms with Crippen LogP contribution < -0.4 is 10.6 Å². The lowest BCUT2D eigenvalue weighted by molar-refractivity contribution is 0.627. The Morgan fingerprint density at radius 2 is 2.17 bits per heavy atom. The number of nitrogens with zero attached hydrogens (tertiary/aromatic N) is 2. The Kier molecular flexibility index (Phi) is 9.53. The zero-order chi connectivity index (χ0) is 16.7. The van der Waals surface area contributed by atoms with Crippen LogP contribution in [0.2, 0.25) is 5.02 Å². The lowest BCUT2D eigenvalue weighted by Crippen LogP contribution is -2.38. The van der Waals surface area contributed by atoms with E-state index in [1.807, 2.05) is 20.0 Å². The van der Waals surface area contributed by atoms with Crippen LogP contribution >= 0.6 is 46.9 Å². The Morgan fingerprint density at radius 3 is 2.79 bits per heavy atom. The van der Waals surface area contributed by atoms with Gasteiger partial charge in [-0.25, -0.2) is 14.4 Å². The van der Waals surface area contributed by atoms with Gasteiger partial charge >= 0.3 is 0 Å². The number of aromatic nitrogens is 1. The molecule has 0 fully saturated rings. The fourth-order valence-corrected chi connectivity index (χ4v) is 2.94. The van der Waals surface area contributed by atoms with E-state index in [4.69, 9.17) is 11.6 Å². The summed E-state index contributed by atoms with van der Waals surface area (Å²) in [6.45, 7) is 6.02. The molecule has 0 amide bonds. The second kappa shape index (κ2) is 10.8. The van der Waals surface area contributed by atoms with Crippen molar-refractivity contribution in [1.29, 1.82) is 0 Å². The van der Waals surface area contributed by atoms with Crippen LogP contribution in [0.4, 0.5) is 4.39 Å². The van der Waals surface area contributed by atoms with E-state index in [2.05, 4.69) is 20.6 Å². The minimum absolute atomic E-state index is 0. The first-order valence-electron chi connectivity index (χ1n) is 7.46. The van der Waals surface area contributed by atoms with Crippen LogP contribution in [0.1, 0.15) is 22.4 Å². The van der Waals surface area contributed by atoms with E-state index in [9.17, 15) is 4.39 Å². The second-order valence-corrected chi connectivity index (χ2v) is 6.71. The van der Waals surface area contributed by atoms with Gasteiger partial charge in [0.2, 0.25) is 0 Å². The molecule has 24 heavy (non-hydrogen) atoms. The summed E-state index contributed by atoms with van der Waals surface area (Å²) in [6.07, 6.45) is 2.74. The number of hydrogen-bond acceptors (Lipinski definition) is 3. The molecule has 1 aromatic carbocycles. The lowest BCUT2D eigenvalue weighted by Gasteiger charge is -2.10. The van der Waals surface area contributed by atoms with E-state index in [1.165, 1.54) is 10.9 Å². The van der Waals surface area contributed by atoms with Crippen molar-refractivity contribution in [2.75, 3.05) is 13.1 Å². The number of thiazole rings is 1. The maximum Gasteiger partial charge on any atom is 0.191 e. The van der Waals surface area contributed by atoms with E-state index in [1.54, 1.807) is 23.5 Å². The van der Waals surface area contributed by atoms with Crippen molar-refractivity contribution in [3.05, 3.63) is 50.7 Å². The average molecular weight is 483 g/mol. The van der Waals surface area contributed by atoms with Gasteiger partial charge in [0.15, 0.2) is 5.96 Å². The van der Waals surface area contributed by atoms with Crippen molar-refractivity contribution >= 4 is 52.9 Å². The number of aryl methyl sites for hydroxylation is 1. The highest BCUT2D eigenvalue weighted by molar-refractivity contribution is 14.0. The molecule has 0 aliphatic carbocycles. The first kappa shape index (κ1) is 21.1. The number of rotatable bonds is 6. The number of nitrogens with one attached hydrogen (secondary N) is 2. The molecule has 2 rings (SSSR count). The third-order valence-electron chi connectivity index (χ3n) is 3.05. The van der Waals surface area contributed by atoms with Crippen LogP contribution in [-0.4, -0.2) is 24.0 Å². The molecule has 0 aliphatic rings. The molecule has 1 heterocycles. The minimum Gasteiger partial charge on any atom is -0.357 e. The van der Waals surface area contributed by atoms with Crippen LogP contribution in [0.15, 0.2) is 29.4 Å². The van der Waals surface area contributed by atoms with Crippen LogP contribution in [0.3, 0.4) is 0 Å². The number of halogens is 3. The Bertz CT molecular complexity index is 678. The molecule has 2 aromatic rings. The fourth-order valence-electron chi connectivity index (χ4n) is 1.95. The average Bonchev–Trinajstić information content (AvgIpc) is 2.93. The summed E-state index contributed by atoms with van der Waals surface area (Å²) in [7, 11) is 0. The van der Waals surface area contributed by atoms with Crippen molar-refractivity contribution in [1.82, 2.24) is 15.6 Å². The minimum atomic E-state index is -0.414. The molecule has 0 aliphatic heterocycles.